The van der Waals surface area contributed by atoms with Crippen molar-refractivity contribution in [2.24, 2.45) is 0 Å². The van der Waals surface area contributed by atoms with Gasteiger partial charge in [-0.1, -0.05) is 42.5 Å². The maximum absolute atomic E-state index is 10.5. The molecule has 0 fully saturated rings. The third-order valence-corrected chi connectivity index (χ3v) is 4.89. The summed E-state index contributed by atoms with van der Waals surface area (Å²) < 4.78 is 7.64. The zero-order valence-corrected chi connectivity index (χ0v) is 17.1. The highest BCUT2D eigenvalue weighted by atomic mass is 16.5. The number of aliphatic hydroxyl groups excluding tert-OH is 1. The van der Waals surface area contributed by atoms with Gasteiger partial charge in [0.05, 0.1) is 12.9 Å². The number of fused-ring (bicyclic) bond motifs is 1. The number of nitrogens with zero attached hydrogens (tertiary/aromatic N) is 4. The molecule has 154 valence electrons. The molecule has 0 saturated carbocycles. The highest BCUT2D eigenvalue weighted by Gasteiger charge is 2.14. The van der Waals surface area contributed by atoms with Crippen molar-refractivity contribution in [2.45, 2.75) is 33.0 Å². The molecule has 2 aromatic carbocycles. The van der Waals surface area contributed by atoms with E-state index >= 15 is 0 Å². The Morgan fingerprint density at radius 2 is 1.90 bits per heavy atom. The summed E-state index contributed by atoms with van der Waals surface area (Å²) in [5.74, 6) is 1.46. The average molecular weight is 403 g/mol. The van der Waals surface area contributed by atoms with Gasteiger partial charge in [0.1, 0.15) is 30.3 Å². The lowest BCUT2D eigenvalue weighted by molar-refractivity contribution is 0.0929. The molecule has 2 heterocycles. The molecule has 1 unspecified atom stereocenters. The molecule has 0 bridgehead atoms. The molecule has 0 aliphatic heterocycles. The first-order chi connectivity index (χ1) is 14.6. The molecule has 0 amide bonds. The zero-order valence-electron chi connectivity index (χ0n) is 17.1. The number of hydrogen-bond donors (Lipinski definition) is 2. The second-order valence-electron chi connectivity index (χ2n) is 7.36. The molecule has 4 aromatic rings. The molecule has 0 spiro atoms. The Balaban J connectivity index is 1.42. The second-order valence-corrected chi connectivity index (χ2v) is 7.36. The van der Waals surface area contributed by atoms with Crippen LogP contribution in [-0.2, 0) is 13.1 Å². The molecule has 0 radical (unpaired) electrons. The van der Waals surface area contributed by atoms with Crippen LogP contribution in [0.25, 0.3) is 11.2 Å². The van der Waals surface area contributed by atoms with E-state index in [0.717, 1.165) is 22.4 Å². The number of benzene rings is 2. The zero-order chi connectivity index (χ0) is 20.9. The van der Waals surface area contributed by atoms with E-state index in [1.165, 1.54) is 6.33 Å². The van der Waals surface area contributed by atoms with Gasteiger partial charge in [-0.25, -0.2) is 15.0 Å². The summed E-state index contributed by atoms with van der Waals surface area (Å²) in [6.45, 7) is 5.17. The van der Waals surface area contributed by atoms with E-state index in [9.17, 15) is 5.11 Å². The van der Waals surface area contributed by atoms with Gasteiger partial charge < -0.3 is 19.7 Å². The summed E-state index contributed by atoms with van der Waals surface area (Å²) in [6, 6.07) is 16.1. The van der Waals surface area contributed by atoms with E-state index in [0.29, 0.717) is 30.1 Å². The summed E-state index contributed by atoms with van der Waals surface area (Å²) in [4.78, 5) is 13.1. The van der Waals surface area contributed by atoms with Crippen molar-refractivity contribution in [3.63, 3.8) is 0 Å². The maximum Gasteiger partial charge on any atom is 0.165 e. The number of aryl methyl sites for hydroxylation is 2. The maximum atomic E-state index is 10.5. The molecule has 4 rings (SSSR count). The van der Waals surface area contributed by atoms with Gasteiger partial charge in [0, 0.05) is 6.54 Å². The number of nitrogens with one attached hydrogen (secondary N) is 1. The van der Waals surface area contributed by atoms with Gasteiger partial charge in [0.15, 0.2) is 11.5 Å². The Morgan fingerprint density at radius 1 is 1.07 bits per heavy atom. The molecule has 0 saturated heterocycles. The van der Waals surface area contributed by atoms with Crippen LogP contribution in [0.2, 0.25) is 0 Å². The topological polar surface area (TPSA) is 85.1 Å². The second kappa shape index (κ2) is 8.92. The quantitative estimate of drug-likeness (QED) is 0.468. The number of hydrogen-bond acceptors (Lipinski definition) is 6. The lowest BCUT2D eigenvalue weighted by Crippen LogP contribution is -2.23. The molecular formula is C23H25N5O2. The molecule has 0 aliphatic rings. The van der Waals surface area contributed by atoms with Crippen molar-refractivity contribution in [1.82, 2.24) is 19.5 Å². The summed E-state index contributed by atoms with van der Waals surface area (Å²) in [5, 5.41) is 13.8. The van der Waals surface area contributed by atoms with Crippen molar-refractivity contribution in [2.75, 3.05) is 11.9 Å². The van der Waals surface area contributed by atoms with E-state index in [1.807, 2.05) is 54.8 Å². The lowest BCUT2D eigenvalue weighted by Gasteiger charge is -2.15. The minimum Gasteiger partial charge on any atom is -0.491 e. The third-order valence-electron chi connectivity index (χ3n) is 4.89. The molecule has 7 nitrogen and oxygen atoms in total. The van der Waals surface area contributed by atoms with Crippen molar-refractivity contribution in [3.8, 4) is 5.75 Å². The molecular weight excluding hydrogens is 378 g/mol. The van der Waals surface area contributed by atoms with Crippen LogP contribution in [0.5, 0.6) is 5.75 Å². The number of imidazole rings is 1. The van der Waals surface area contributed by atoms with Crippen LogP contribution in [-0.4, -0.2) is 37.3 Å². The van der Waals surface area contributed by atoms with E-state index < -0.39 is 6.10 Å². The van der Waals surface area contributed by atoms with Crippen LogP contribution >= 0.6 is 0 Å². The monoisotopic (exact) mass is 403 g/mol. The Hall–Kier alpha value is -3.45. The summed E-state index contributed by atoms with van der Waals surface area (Å²) >= 11 is 0. The number of rotatable bonds is 8. The fourth-order valence-electron chi connectivity index (χ4n) is 3.25. The Bertz CT molecular complexity index is 1130. The normalized spacial score (nSPS) is 12.1. The first-order valence-electron chi connectivity index (χ1n) is 9.92. The summed E-state index contributed by atoms with van der Waals surface area (Å²) in [7, 11) is 0. The lowest BCUT2D eigenvalue weighted by atomic mass is 10.1. The number of aliphatic hydroxyl groups is 1. The highest BCUT2D eigenvalue weighted by molar-refractivity contribution is 5.82. The fourth-order valence-corrected chi connectivity index (χ4v) is 3.25. The SMILES string of the molecule is Cc1ccc(C)c(OCC(O)Cn2cnc3c(NCc4ccccc4)ncnc32)c1. The van der Waals surface area contributed by atoms with Crippen molar-refractivity contribution >= 4 is 17.0 Å². The predicted molar refractivity (Wildman–Crippen MR) is 117 cm³/mol. The van der Waals surface area contributed by atoms with Crippen molar-refractivity contribution in [3.05, 3.63) is 77.9 Å². The van der Waals surface area contributed by atoms with Crippen LogP contribution in [0.15, 0.2) is 61.2 Å². The summed E-state index contributed by atoms with van der Waals surface area (Å²) in [5.41, 5.74) is 4.67. The van der Waals surface area contributed by atoms with Crippen LogP contribution in [0.4, 0.5) is 5.82 Å². The highest BCUT2D eigenvalue weighted by Crippen LogP contribution is 2.21. The van der Waals surface area contributed by atoms with Gasteiger partial charge in [-0.05, 0) is 36.6 Å². The number of ether oxygens (including phenoxy) is 1. The largest absolute Gasteiger partial charge is 0.491 e. The standard InChI is InChI=1S/C23H25N5O2/c1-16-8-9-17(2)20(10-16)30-13-19(29)12-28-15-27-21-22(25-14-26-23(21)28)24-11-18-6-4-3-5-7-18/h3-10,14-15,19,29H,11-13H2,1-2H3,(H,24,25,26). The Morgan fingerprint density at radius 3 is 2.73 bits per heavy atom. The molecule has 0 aliphatic carbocycles. The Kier molecular flexibility index (Phi) is 5.90. The van der Waals surface area contributed by atoms with Crippen LogP contribution in [0.3, 0.4) is 0 Å². The first kappa shape index (κ1) is 19.8. The summed E-state index contributed by atoms with van der Waals surface area (Å²) in [6.07, 6.45) is 2.49. The fraction of sp³-hybridized carbons (Fsp3) is 0.261. The van der Waals surface area contributed by atoms with Crippen molar-refractivity contribution < 1.29 is 9.84 Å². The molecule has 30 heavy (non-hydrogen) atoms. The smallest absolute Gasteiger partial charge is 0.165 e. The minimum absolute atomic E-state index is 0.189. The third kappa shape index (κ3) is 4.58. The van der Waals surface area contributed by atoms with Gasteiger partial charge in [-0.3, -0.25) is 0 Å². The van der Waals surface area contributed by atoms with E-state index in [4.69, 9.17) is 4.74 Å². The molecule has 1 atom stereocenters. The van der Waals surface area contributed by atoms with Gasteiger partial charge in [0.25, 0.3) is 0 Å². The predicted octanol–water partition coefficient (Wildman–Crippen LogP) is 3.50. The van der Waals surface area contributed by atoms with E-state index in [1.54, 1.807) is 6.33 Å². The van der Waals surface area contributed by atoms with Crippen molar-refractivity contribution in [1.29, 1.82) is 0 Å². The molecule has 2 aromatic heterocycles. The van der Waals surface area contributed by atoms with Gasteiger partial charge in [0.2, 0.25) is 0 Å². The van der Waals surface area contributed by atoms with Gasteiger partial charge >= 0.3 is 0 Å². The van der Waals surface area contributed by atoms with Gasteiger partial charge in [-0.15, -0.1) is 0 Å². The average Bonchev–Trinajstić information content (AvgIpc) is 3.17. The van der Waals surface area contributed by atoms with Crippen LogP contribution in [0.1, 0.15) is 16.7 Å². The van der Waals surface area contributed by atoms with Crippen LogP contribution in [0, 0.1) is 13.8 Å². The number of anilines is 1. The Labute approximate surface area is 175 Å². The number of aromatic nitrogens is 4. The van der Waals surface area contributed by atoms with E-state index in [2.05, 4.69) is 32.4 Å². The van der Waals surface area contributed by atoms with Crippen LogP contribution < -0.4 is 10.1 Å². The molecule has 2 N–H and O–H groups in total. The first-order valence-corrected chi connectivity index (χ1v) is 9.92. The van der Waals surface area contributed by atoms with Gasteiger partial charge in [-0.2, -0.15) is 0 Å². The minimum atomic E-state index is -0.696. The van der Waals surface area contributed by atoms with E-state index in [-0.39, 0.29) is 6.61 Å². The molecule has 7 heteroatoms.